The van der Waals surface area contributed by atoms with Crippen LogP contribution in [0.4, 0.5) is 17.2 Å². The van der Waals surface area contributed by atoms with Crippen LogP contribution in [0.2, 0.25) is 0 Å². The molecule has 2 aliphatic heterocycles. The third-order valence-corrected chi connectivity index (χ3v) is 11.5. The van der Waals surface area contributed by atoms with Crippen LogP contribution in [0.15, 0.2) is 66.0 Å². The Labute approximate surface area is 319 Å². The van der Waals surface area contributed by atoms with E-state index >= 15 is 0 Å². The van der Waals surface area contributed by atoms with E-state index in [2.05, 4.69) is 66.4 Å². The SMILES string of the molecule is COc1cc(N)c(C=NC2CCC(CCN3CCN(c4cccc5c4c(C)cn5C4CCC(=O)NC4=O)CC3)CC2)cc1C(=O)Nc1cnc2cccnn12. The second-order valence-electron chi connectivity index (χ2n) is 15.0. The van der Waals surface area contributed by atoms with Crippen molar-refractivity contribution in [3.63, 3.8) is 0 Å². The zero-order valence-corrected chi connectivity index (χ0v) is 31.4. The zero-order valence-electron chi connectivity index (χ0n) is 31.4. The maximum atomic E-state index is 13.4. The Morgan fingerprint density at radius 2 is 1.89 bits per heavy atom. The Kier molecular flexibility index (Phi) is 10.2. The summed E-state index contributed by atoms with van der Waals surface area (Å²) in [6, 6.07) is 13.2. The molecule has 286 valence electrons. The molecule has 3 aliphatic rings. The van der Waals surface area contributed by atoms with Gasteiger partial charge in [0.25, 0.3) is 5.91 Å². The number of imide groups is 1. The zero-order chi connectivity index (χ0) is 38.1. The van der Waals surface area contributed by atoms with Gasteiger partial charge in [-0.3, -0.25) is 29.6 Å². The number of nitrogens with one attached hydrogen (secondary N) is 2. The van der Waals surface area contributed by atoms with Crippen LogP contribution in [0, 0.1) is 12.8 Å². The third kappa shape index (κ3) is 7.50. The standard InChI is InChI=1S/C41H48N10O4/c1-26-25-50(34-12-13-38(52)47-41(34)54)33-6-3-5-32(39(26)33)49-19-17-48(18-20-49)16-14-27-8-10-29(11-9-27)43-23-28-21-30(35(55-2)22-31(28)42)40(53)46-37-24-44-36-7-4-15-45-51(36)37/h3-7,15,21-25,27,29,34H,8-14,16-20,42H2,1-2H3,(H,46,53)(H,47,52,54). The average molecular weight is 745 g/mol. The van der Waals surface area contributed by atoms with Crippen LogP contribution < -0.4 is 26.0 Å². The van der Waals surface area contributed by atoms with Crippen molar-refractivity contribution in [1.82, 2.24) is 29.4 Å². The number of benzene rings is 2. The maximum absolute atomic E-state index is 13.4. The number of aryl methyl sites for hydroxylation is 1. The lowest BCUT2D eigenvalue weighted by Crippen LogP contribution is -2.47. The van der Waals surface area contributed by atoms with Gasteiger partial charge in [0.05, 0.1) is 24.4 Å². The highest BCUT2D eigenvalue weighted by Crippen LogP contribution is 2.36. The summed E-state index contributed by atoms with van der Waals surface area (Å²) in [5.74, 6) is 0.755. The smallest absolute Gasteiger partial charge is 0.260 e. The highest BCUT2D eigenvalue weighted by Gasteiger charge is 2.30. The van der Waals surface area contributed by atoms with Gasteiger partial charge in [0, 0.05) is 85.6 Å². The Morgan fingerprint density at radius 3 is 2.67 bits per heavy atom. The summed E-state index contributed by atoms with van der Waals surface area (Å²) in [5.41, 5.74) is 12.0. The number of hydrogen-bond donors (Lipinski definition) is 3. The minimum Gasteiger partial charge on any atom is -0.496 e. The second kappa shape index (κ2) is 15.5. The van der Waals surface area contributed by atoms with Gasteiger partial charge in [0.2, 0.25) is 11.8 Å². The molecule has 3 fully saturated rings. The number of carbonyl (C=O) groups excluding carboxylic acids is 3. The predicted molar refractivity (Wildman–Crippen MR) is 213 cm³/mol. The van der Waals surface area contributed by atoms with Crippen molar-refractivity contribution in [2.45, 2.75) is 64.0 Å². The van der Waals surface area contributed by atoms with Crippen molar-refractivity contribution in [2.75, 3.05) is 55.8 Å². The van der Waals surface area contributed by atoms with Gasteiger partial charge < -0.3 is 25.3 Å². The van der Waals surface area contributed by atoms with Gasteiger partial charge in [-0.25, -0.2) is 4.98 Å². The molecular weight excluding hydrogens is 697 g/mol. The van der Waals surface area contributed by atoms with Crippen molar-refractivity contribution in [1.29, 1.82) is 0 Å². The monoisotopic (exact) mass is 744 g/mol. The van der Waals surface area contributed by atoms with E-state index in [0.717, 1.165) is 69.5 Å². The number of aliphatic imine (C=N–C) groups is 1. The number of nitrogens with two attached hydrogens (primary N) is 1. The second-order valence-corrected chi connectivity index (χ2v) is 15.0. The summed E-state index contributed by atoms with van der Waals surface area (Å²) < 4.78 is 9.13. The molecular formula is C41H48N10O4. The van der Waals surface area contributed by atoms with E-state index in [1.165, 1.54) is 24.6 Å². The normalized spacial score (nSPS) is 21.1. The summed E-state index contributed by atoms with van der Waals surface area (Å²) >= 11 is 0. The number of amides is 3. The van der Waals surface area contributed by atoms with Crippen LogP contribution in [0.3, 0.4) is 0 Å². The van der Waals surface area contributed by atoms with Crippen LogP contribution >= 0.6 is 0 Å². The maximum Gasteiger partial charge on any atom is 0.260 e. The quantitative estimate of drug-likeness (QED) is 0.101. The lowest BCUT2D eigenvalue weighted by molar-refractivity contribution is -0.135. The molecule has 5 aromatic rings. The summed E-state index contributed by atoms with van der Waals surface area (Å²) in [4.78, 5) is 52.1. The molecule has 55 heavy (non-hydrogen) atoms. The van der Waals surface area contributed by atoms with Gasteiger partial charge in [-0.05, 0) is 93.8 Å². The molecule has 5 heterocycles. The van der Waals surface area contributed by atoms with E-state index in [1.54, 1.807) is 41.3 Å². The fraction of sp³-hybridized carbons (Fsp3) is 0.415. The summed E-state index contributed by atoms with van der Waals surface area (Å²) in [6.07, 6.45) is 13.5. The summed E-state index contributed by atoms with van der Waals surface area (Å²) in [7, 11) is 1.52. The molecule has 1 saturated carbocycles. The summed E-state index contributed by atoms with van der Waals surface area (Å²) in [5, 5.41) is 10.9. The van der Waals surface area contributed by atoms with E-state index in [4.69, 9.17) is 15.5 Å². The number of fused-ring (bicyclic) bond motifs is 2. The number of piperazine rings is 1. The molecule has 3 aromatic heterocycles. The number of piperidine rings is 1. The lowest BCUT2D eigenvalue weighted by Gasteiger charge is -2.37. The van der Waals surface area contributed by atoms with E-state index in [1.807, 2.05) is 6.07 Å². The Balaban J connectivity index is 0.825. The minimum atomic E-state index is -0.364. The highest BCUT2D eigenvalue weighted by atomic mass is 16.5. The first-order valence-electron chi connectivity index (χ1n) is 19.3. The number of aromatic nitrogens is 4. The van der Waals surface area contributed by atoms with Gasteiger partial charge in [0.15, 0.2) is 11.5 Å². The van der Waals surface area contributed by atoms with E-state index in [-0.39, 0.29) is 29.8 Å². The number of methoxy groups -OCH3 is 1. The lowest BCUT2D eigenvalue weighted by atomic mass is 9.84. The van der Waals surface area contributed by atoms with E-state index in [9.17, 15) is 14.4 Å². The number of carbonyl (C=O) groups is 3. The molecule has 0 radical (unpaired) electrons. The van der Waals surface area contributed by atoms with Crippen LogP contribution in [-0.4, -0.2) is 93.9 Å². The summed E-state index contributed by atoms with van der Waals surface area (Å²) in [6.45, 7) is 7.16. The van der Waals surface area contributed by atoms with Crippen LogP contribution in [0.25, 0.3) is 16.6 Å². The molecule has 2 saturated heterocycles. The molecule has 0 bridgehead atoms. The Hall–Kier alpha value is -5.76. The molecule has 0 spiro atoms. The van der Waals surface area contributed by atoms with Crippen molar-refractivity contribution in [2.24, 2.45) is 10.9 Å². The molecule has 1 unspecified atom stereocenters. The first kappa shape index (κ1) is 36.2. The van der Waals surface area contributed by atoms with Crippen molar-refractivity contribution in [3.05, 3.63) is 77.7 Å². The van der Waals surface area contributed by atoms with Gasteiger partial charge >= 0.3 is 0 Å². The molecule has 14 nitrogen and oxygen atoms in total. The molecule has 1 atom stereocenters. The highest BCUT2D eigenvalue weighted by molar-refractivity contribution is 6.08. The molecule has 3 amide bonds. The molecule has 14 heteroatoms. The largest absolute Gasteiger partial charge is 0.496 e. The number of nitrogen functional groups attached to an aromatic ring is 1. The van der Waals surface area contributed by atoms with E-state index in [0.29, 0.717) is 52.8 Å². The van der Waals surface area contributed by atoms with Crippen LogP contribution in [0.1, 0.15) is 72.5 Å². The molecule has 1 aliphatic carbocycles. The molecule has 4 N–H and O–H groups in total. The number of anilines is 3. The first-order chi connectivity index (χ1) is 26.7. The van der Waals surface area contributed by atoms with Gasteiger partial charge in [0.1, 0.15) is 11.8 Å². The molecule has 2 aromatic carbocycles. The minimum absolute atomic E-state index is 0.194. The van der Waals surface area contributed by atoms with Crippen molar-refractivity contribution in [3.8, 4) is 5.75 Å². The number of imidazole rings is 1. The van der Waals surface area contributed by atoms with Gasteiger partial charge in [-0.2, -0.15) is 9.61 Å². The first-order valence-corrected chi connectivity index (χ1v) is 19.3. The third-order valence-electron chi connectivity index (χ3n) is 11.5. The Morgan fingerprint density at radius 1 is 1.07 bits per heavy atom. The van der Waals surface area contributed by atoms with Gasteiger partial charge in [-0.1, -0.05) is 6.07 Å². The molecule has 8 rings (SSSR count). The van der Waals surface area contributed by atoms with Gasteiger partial charge in [-0.15, -0.1) is 0 Å². The number of rotatable bonds is 10. The van der Waals surface area contributed by atoms with Crippen LogP contribution in [0.5, 0.6) is 5.75 Å². The Bertz CT molecular complexity index is 2260. The average Bonchev–Trinajstić information content (AvgIpc) is 3.77. The van der Waals surface area contributed by atoms with Crippen molar-refractivity contribution >= 4 is 57.7 Å². The fourth-order valence-electron chi connectivity index (χ4n) is 8.47. The number of ether oxygens (including phenoxy) is 1. The van der Waals surface area contributed by atoms with E-state index < -0.39 is 0 Å². The number of nitrogens with zero attached hydrogens (tertiary/aromatic N) is 7. The topological polar surface area (TPSA) is 164 Å². The number of hydrogen-bond acceptors (Lipinski definition) is 10. The van der Waals surface area contributed by atoms with Crippen LogP contribution in [-0.2, 0) is 9.59 Å². The fourth-order valence-corrected chi connectivity index (χ4v) is 8.47. The predicted octanol–water partition coefficient (Wildman–Crippen LogP) is 5.00. The van der Waals surface area contributed by atoms with Crippen molar-refractivity contribution < 1.29 is 19.1 Å².